The average molecular weight is 506 g/mol. The third-order valence-corrected chi connectivity index (χ3v) is 5.68. The van der Waals surface area contributed by atoms with Crippen LogP contribution in [0.3, 0.4) is 0 Å². The van der Waals surface area contributed by atoms with Gasteiger partial charge in [-0.25, -0.2) is 0 Å². The highest BCUT2D eigenvalue weighted by molar-refractivity contribution is 6.42. The van der Waals surface area contributed by atoms with Crippen molar-refractivity contribution >= 4 is 52.2 Å². The number of carbonyl (C=O) groups is 1. The van der Waals surface area contributed by atoms with E-state index < -0.39 is 4.92 Å². The van der Waals surface area contributed by atoms with Crippen molar-refractivity contribution in [3.8, 4) is 0 Å². The number of nitrogens with one attached hydrogen (secondary N) is 1. The van der Waals surface area contributed by atoms with Crippen molar-refractivity contribution in [3.05, 3.63) is 103 Å². The van der Waals surface area contributed by atoms with Crippen molar-refractivity contribution in [2.75, 3.05) is 5.32 Å². The molecule has 2 aromatic carbocycles. The van der Waals surface area contributed by atoms with Gasteiger partial charge in [0.15, 0.2) is 5.82 Å². The second-order valence-corrected chi connectivity index (χ2v) is 8.30. The smallest absolute Gasteiger partial charge is 0.304 e. The van der Waals surface area contributed by atoms with Crippen LogP contribution >= 0.6 is 34.8 Å². The van der Waals surface area contributed by atoms with Crippen LogP contribution < -0.4 is 5.32 Å². The Labute approximate surface area is 202 Å². The van der Waals surface area contributed by atoms with Gasteiger partial charge in [-0.3, -0.25) is 24.3 Å². The number of hydrogen-bond donors (Lipinski definition) is 1. The van der Waals surface area contributed by atoms with Crippen molar-refractivity contribution in [1.29, 1.82) is 0 Å². The van der Waals surface area contributed by atoms with Crippen molar-refractivity contribution < 1.29 is 9.72 Å². The average Bonchev–Trinajstić information content (AvgIpc) is 3.38. The van der Waals surface area contributed by atoms with E-state index in [1.807, 2.05) is 6.07 Å². The highest BCUT2D eigenvalue weighted by Gasteiger charge is 2.14. The highest BCUT2D eigenvalue weighted by atomic mass is 35.5. The van der Waals surface area contributed by atoms with E-state index in [-0.39, 0.29) is 17.4 Å². The van der Waals surface area contributed by atoms with E-state index in [2.05, 4.69) is 15.5 Å². The molecular weight excluding hydrogens is 491 g/mol. The largest absolute Gasteiger partial charge is 0.307 e. The maximum absolute atomic E-state index is 12.6. The Hall–Kier alpha value is -3.40. The van der Waals surface area contributed by atoms with Gasteiger partial charge in [-0.1, -0.05) is 53.0 Å². The third kappa shape index (κ3) is 5.51. The van der Waals surface area contributed by atoms with Gasteiger partial charge in [0.05, 0.1) is 28.1 Å². The van der Waals surface area contributed by atoms with E-state index in [4.69, 9.17) is 34.8 Å². The van der Waals surface area contributed by atoms with Crippen LogP contribution in [0.5, 0.6) is 0 Å². The van der Waals surface area contributed by atoms with Crippen LogP contribution in [0.25, 0.3) is 0 Å². The predicted octanol–water partition coefficient (Wildman–Crippen LogP) is 5.30. The van der Waals surface area contributed by atoms with E-state index in [0.717, 1.165) is 11.1 Å². The van der Waals surface area contributed by atoms with E-state index in [9.17, 15) is 14.9 Å². The molecule has 1 N–H and O–H groups in total. The summed E-state index contributed by atoms with van der Waals surface area (Å²) in [4.78, 5) is 22.9. The summed E-state index contributed by atoms with van der Waals surface area (Å²) in [5.41, 5.74) is 2.02. The van der Waals surface area contributed by atoms with Gasteiger partial charge >= 0.3 is 5.69 Å². The molecule has 1 amide bonds. The van der Waals surface area contributed by atoms with E-state index >= 15 is 0 Å². The van der Waals surface area contributed by atoms with Gasteiger partial charge in [0.25, 0.3) is 5.91 Å². The number of amides is 1. The Balaban J connectivity index is 1.40. The number of aromatic nitrogens is 4. The number of rotatable bonds is 7. The lowest BCUT2D eigenvalue weighted by atomic mass is 10.1. The third-order valence-electron chi connectivity index (χ3n) is 4.67. The molecule has 2 aromatic heterocycles. The number of nitro groups is 1. The maximum atomic E-state index is 12.6. The summed E-state index contributed by atoms with van der Waals surface area (Å²) in [6, 6.07) is 12.0. The quantitative estimate of drug-likeness (QED) is 0.271. The minimum Gasteiger partial charge on any atom is -0.304 e. The van der Waals surface area contributed by atoms with Crippen molar-refractivity contribution in [2.45, 2.75) is 13.1 Å². The molecule has 0 fully saturated rings. The van der Waals surface area contributed by atoms with Gasteiger partial charge in [0, 0.05) is 11.8 Å². The zero-order chi connectivity index (χ0) is 23.5. The molecule has 0 unspecified atom stereocenters. The van der Waals surface area contributed by atoms with Crippen LogP contribution in [0, 0.1) is 10.1 Å². The first-order valence-corrected chi connectivity index (χ1v) is 10.7. The summed E-state index contributed by atoms with van der Waals surface area (Å²) >= 11 is 18.2. The minimum atomic E-state index is -0.506. The van der Waals surface area contributed by atoms with Gasteiger partial charge in [0.1, 0.15) is 17.4 Å². The Morgan fingerprint density at radius 1 is 0.939 bits per heavy atom. The number of carbonyl (C=O) groups excluding carboxylic acids is 1. The lowest BCUT2D eigenvalue weighted by Gasteiger charge is -2.06. The summed E-state index contributed by atoms with van der Waals surface area (Å²) in [7, 11) is 0. The van der Waals surface area contributed by atoms with Gasteiger partial charge < -0.3 is 5.32 Å². The van der Waals surface area contributed by atoms with Gasteiger partial charge in [0.2, 0.25) is 0 Å². The zero-order valence-corrected chi connectivity index (χ0v) is 19.1. The van der Waals surface area contributed by atoms with Gasteiger partial charge in [-0.15, -0.1) is 0 Å². The summed E-state index contributed by atoms with van der Waals surface area (Å²) in [6.07, 6.45) is 4.13. The molecule has 0 saturated carbocycles. The fourth-order valence-corrected chi connectivity index (χ4v) is 3.57. The van der Waals surface area contributed by atoms with Crippen molar-refractivity contribution in [3.63, 3.8) is 0 Å². The molecule has 0 aliphatic heterocycles. The molecule has 2 heterocycles. The second-order valence-electron chi connectivity index (χ2n) is 7.08. The molecule has 0 atom stereocenters. The van der Waals surface area contributed by atoms with E-state index in [1.54, 1.807) is 47.3 Å². The summed E-state index contributed by atoms with van der Waals surface area (Å²) < 4.78 is 3.04. The number of halogens is 3. The molecule has 12 heteroatoms. The molecule has 4 rings (SSSR count). The number of nitrogens with zero attached hydrogens (tertiary/aromatic N) is 5. The number of hydrogen-bond acceptors (Lipinski definition) is 5. The molecule has 33 heavy (non-hydrogen) atoms. The molecule has 0 radical (unpaired) electrons. The molecule has 0 spiro atoms. The molecular formula is C21H15Cl3N6O3. The molecule has 0 bridgehead atoms. The van der Waals surface area contributed by atoms with Crippen LogP contribution in [0.15, 0.2) is 61.1 Å². The topological polar surface area (TPSA) is 108 Å². The molecule has 0 aliphatic rings. The lowest BCUT2D eigenvalue weighted by Crippen LogP contribution is -2.13. The van der Waals surface area contributed by atoms with Crippen LogP contribution in [-0.2, 0) is 13.1 Å². The molecule has 9 nitrogen and oxygen atoms in total. The molecule has 168 valence electrons. The van der Waals surface area contributed by atoms with Crippen LogP contribution in [0.2, 0.25) is 15.1 Å². The van der Waals surface area contributed by atoms with E-state index in [1.165, 1.54) is 17.1 Å². The predicted molar refractivity (Wildman–Crippen MR) is 125 cm³/mol. The summed E-state index contributed by atoms with van der Waals surface area (Å²) in [5.74, 6) is -0.146. The minimum absolute atomic E-state index is 0.0820. The Morgan fingerprint density at radius 3 is 2.30 bits per heavy atom. The van der Waals surface area contributed by atoms with Gasteiger partial charge in [-0.2, -0.15) is 10.2 Å². The summed E-state index contributed by atoms with van der Waals surface area (Å²) in [6.45, 7) is 0.730. The lowest BCUT2D eigenvalue weighted by molar-refractivity contribution is -0.385. The van der Waals surface area contributed by atoms with Crippen molar-refractivity contribution in [1.82, 2.24) is 19.6 Å². The fraction of sp³-hybridized carbons (Fsp3) is 0.0952. The van der Waals surface area contributed by atoms with Crippen LogP contribution in [0.4, 0.5) is 11.5 Å². The standard InChI is InChI=1S/C21H15Cl3N6O3/c22-17-6-3-14(7-18(17)23)10-29-12-19(24)20(27-29)26-21(31)15-4-1-13(2-5-15)9-28-11-16(8-25-28)30(32)33/h1-8,11-12H,9-10H2,(H,26,27,31). The fourth-order valence-electron chi connectivity index (χ4n) is 3.05. The first-order valence-electron chi connectivity index (χ1n) is 9.52. The zero-order valence-electron chi connectivity index (χ0n) is 16.8. The Kier molecular flexibility index (Phi) is 6.64. The second kappa shape index (κ2) is 9.62. The van der Waals surface area contributed by atoms with E-state index in [0.29, 0.717) is 33.7 Å². The SMILES string of the molecule is O=C(Nc1nn(Cc2ccc(Cl)c(Cl)c2)cc1Cl)c1ccc(Cn2cc([N+](=O)[O-])cn2)cc1. The Morgan fingerprint density at radius 2 is 1.64 bits per heavy atom. The molecule has 0 saturated heterocycles. The van der Waals surface area contributed by atoms with Gasteiger partial charge in [-0.05, 0) is 35.4 Å². The number of benzene rings is 2. The van der Waals surface area contributed by atoms with Crippen LogP contribution in [0.1, 0.15) is 21.5 Å². The molecule has 4 aromatic rings. The number of anilines is 1. The Bertz CT molecular complexity index is 1330. The van der Waals surface area contributed by atoms with Crippen LogP contribution in [-0.4, -0.2) is 30.4 Å². The first-order chi connectivity index (χ1) is 15.8. The normalized spacial score (nSPS) is 10.9. The summed E-state index contributed by atoms with van der Waals surface area (Å²) in [5, 5.41) is 22.9. The van der Waals surface area contributed by atoms with Crippen molar-refractivity contribution in [2.24, 2.45) is 0 Å². The highest BCUT2D eigenvalue weighted by Crippen LogP contribution is 2.25. The monoisotopic (exact) mass is 504 g/mol. The first kappa shape index (κ1) is 22.8. The molecule has 0 aliphatic carbocycles. The maximum Gasteiger partial charge on any atom is 0.307 e.